The molecule has 0 saturated heterocycles. The van der Waals surface area contributed by atoms with E-state index in [1.54, 1.807) is 24.3 Å². The predicted octanol–water partition coefficient (Wildman–Crippen LogP) is 5.84. The molecule has 0 radical (unpaired) electrons. The molecule has 0 spiro atoms. The summed E-state index contributed by atoms with van der Waals surface area (Å²) in [6, 6.07) is 27.1. The highest BCUT2D eigenvalue weighted by Gasteiger charge is 2.22. The van der Waals surface area contributed by atoms with E-state index in [0.717, 1.165) is 38.9 Å². The highest BCUT2D eigenvalue weighted by molar-refractivity contribution is 6.06. The summed E-state index contributed by atoms with van der Waals surface area (Å²) in [5.74, 6) is 0.160. The van der Waals surface area contributed by atoms with Crippen molar-refractivity contribution in [3.8, 4) is 45.5 Å². The minimum absolute atomic E-state index is 0.160. The van der Waals surface area contributed by atoms with Crippen LogP contribution >= 0.6 is 0 Å². The average molecular weight is 402 g/mol. The number of nitrogens with one attached hydrogen (secondary N) is 1. The second-order valence-corrected chi connectivity index (χ2v) is 7.40. The Labute approximate surface area is 179 Å². The van der Waals surface area contributed by atoms with Gasteiger partial charge in [-0.15, -0.1) is 0 Å². The van der Waals surface area contributed by atoms with Crippen LogP contribution in [0.1, 0.15) is 11.1 Å². The van der Waals surface area contributed by atoms with Crippen LogP contribution in [0.2, 0.25) is 0 Å². The maximum atomic E-state index is 10.2. The van der Waals surface area contributed by atoms with Crippen molar-refractivity contribution in [3.05, 3.63) is 90.0 Å². The van der Waals surface area contributed by atoms with E-state index in [-0.39, 0.29) is 5.75 Å². The monoisotopic (exact) mass is 402 g/mol. The molecule has 0 aliphatic heterocycles. The van der Waals surface area contributed by atoms with E-state index in [1.165, 1.54) is 0 Å². The highest BCUT2D eigenvalue weighted by atomic mass is 16.3. The van der Waals surface area contributed by atoms with E-state index in [1.807, 2.05) is 61.5 Å². The van der Waals surface area contributed by atoms with E-state index >= 15 is 0 Å². The molecule has 148 valence electrons. The molecular formula is C26H18N4O. The van der Waals surface area contributed by atoms with E-state index < -0.39 is 0 Å². The number of H-pyrrole nitrogens is 1. The van der Waals surface area contributed by atoms with Crippen LogP contribution in [0.15, 0.2) is 78.9 Å². The Bertz CT molecular complexity index is 1430. The normalized spacial score (nSPS) is 10.8. The van der Waals surface area contributed by atoms with Gasteiger partial charge in [0.1, 0.15) is 11.8 Å². The van der Waals surface area contributed by atoms with Crippen LogP contribution in [-0.2, 0) is 0 Å². The van der Waals surface area contributed by atoms with Gasteiger partial charge in [0.25, 0.3) is 0 Å². The topological polar surface area (TPSA) is 85.6 Å². The molecule has 2 heterocycles. The third kappa shape index (κ3) is 3.21. The molecule has 0 saturated carbocycles. The van der Waals surface area contributed by atoms with Crippen molar-refractivity contribution in [2.45, 2.75) is 6.92 Å². The van der Waals surface area contributed by atoms with Crippen molar-refractivity contribution < 1.29 is 5.11 Å². The summed E-state index contributed by atoms with van der Waals surface area (Å²) in [7, 11) is 0. The number of pyridine rings is 1. The lowest BCUT2D eigenvalue weighted by atomic mass is 9.92. The molecule has 0 bridgehead atoms. The molecular weight excluding hydrogens is 384 g/mol. The molecule has 2 aromatic heterocycles. The van der Waals surface area contributed by atoms with Gasteiger partial charge < -0.3 is 5.11 Å². The van der Waals surface area contributed by atoms with Crippen molar-refractivity contribution >= 4 is 11.0 Å². The Balaban J connectivity index is 1.90. The molecule has 5 heteroatoms. The molecule has 3 aromatic carbocycles. The molecule has 31 heavy (non-hydrogen) atoms. The van der Waals surface area contributed by atoms with Crippen LogP contribution < -0.4 is 0 Å². The number of fused-ring (bicyclic) bond motifs is 1. The Morgan fingerprint density at radius 1 is 0.839 bits per heavy atom. The van der Waals surface area contributed by atoms with Gasteiger partial charge in [0.15, 0.2) is 5.65 Å². The fourth-order valence-electron chi connectivity index (χ4n) is 3.82. The summed E-state index contributed by atoms with van der Waals surface area (Å²) in [6.07, 6.45) is 0. The number of aromatic amines is 1. The number of nitriles is 1. The molecule has 5 aromatic rings. The quantitative estimate of drug-likeness (QED) is 0.397. The summed E-state index contributed by atoms with van der Waals surface area (Å²) >= 11 is 0. The minimum atomic E-state index is 0.160. The third-order valence-electron chi connectivity index (χ3n) is 5.36. The van der Waals surface area contributed by atoms with E-state index in [2.05, 4.69) is 16.3 Å². The first kappa shape index (κ1) is 18.6. The number of aromatic hydroxyl groups is 1. The van der Waals surface area contributed by atoms with Crippen LogP contribution in [0.4, 0.5) is 0 Å². The Morgan fingerprint density at radius 2 is 1.52 bits per heavy atom. The SMILES string of the molecule is Cc1ccc(-c2c(C#N)c(-c3ccc(O)cc3)nc3n[nH]c(-c4ccccc4)c23)cc1. The minimum Gasteiger partial charge on any atom is -0.508 e. The van der Waals surface area contributed by atoms with E-state index in [4.69, 9.17) is 4.98 Å². The summed E-state index contributed by atoms with van der Waals surface area (Å²) in [6.45, 7) is 2.03. The first-order valence-corrected chi connectivity index (χ1v) is 9.90. The largest absolute Gasteiger partial charge is 0.508 e. The Kier molecular flexibility index (Phi) is 4.46. The number of rotatable bonds is 3. The molecule has 5 rings (SSSR count). The lowest BCUT2D eigenvalue weighted by Crippen LogP contribution is -1.96. The number of benzene rings is 3. The van der Waals surface area contributed by atoms with E-state index in [0.29, 0.717) is 16.9 Å². The number of phenols is 1. The van der Waals surface area contributed by atoms with Crippen LogP contribution in [-0.4, -0.2) is 20.3 Å². The number of nitrogens with zero attached hydrogens (tertiary/aromatic N) is 3. The molecule has 0 unspecified atom stereocenters. The zero-order valence-corrected chi connectivity index (χ0v) is 16.8. The van der Waals surface area contributed by atoms with Crippen molar-refractivity contribution in [1.82, 2.24) is 15.2 Å². The Hall–Kier alpha value is -4.43. The van der Waals surface area contributed by atoms with E-state index in [9.17, 15) is 10.4 Å². The van der Waals surface area contributed by atoms with Gasteiger partial charge >= 0.3 is 0 Å². The fourth-order valence-corrected chi connectivity index (χ4v) is 3.82. The molecule has 0 fully saturated rings. The summed E-state index contributed by atoms with van der Waals surface area (Å²) in [5, 5.41) is 28.3. The summed E-state index contributed by atoms with van der Waals surface area (Å²) < 4.78 is 0. The van der Waals surface area contributed by atoms with Crippen molar-refractivity contribution in [2.75, 3.05) is 0 Å². The molecule has 2 N–H and O–H groups in total. The second-order valence-electron chi connectivity index (χ2n) is 7.40. The van der Waals surface area contributed by atoms with Gasteiger partial charge in [-0.25, -0.2) is 4.98 Å². The maximum Gasteiger partial charge on any atom is 0.182 e. The lowest BCUT2D eigenvalue weighted by molar-refractivity contribution is 0.475. The second kappa shape index (κ2) is 7.43. The van der Waals surface area contributed by atoms with Crippen LogP contribution in [0.3, 0.4) is 0 Å². The van der Waals surface area contributed by atoms with Crippen LogP contribution in [0, 0.1) is 18.3 Å². The van der Waals surface area contributed by atoms with Crippen molar-refractivity contribution in [2.24, 2.45) is 0 Å². The van der Waals surface area contributed by atoms with Gasteiger partial charge in [0, 0.05) is 16.7 Å². The van der Waals surface area contributed by atoms with Gasteiger partial charge in [-0.1, -0.05) is 60.2 Å². The zero-order valence-electron chi connectivity index (χ0n) is 16.8. The van der Waals surface area contributed by atoms with Crippen molar-refractivity contribution in [3.63, 3.8) is 0 Å². The zero-order chi connectivity index (χ0) is 21.4. The molecule has 0 atom stereocenters. The van der Waals surface area contributed by atoms with Gasteiger partial charge in [0.2, 0.25) is 0 Å². The smallest absolute Gasteiger partial charge is 0.182 e. The van der Waals surface area contributed by atoms with Crippen LogP contribution in [0.5, 0.6) is 5.75 Å². The molecule has 0 amide bonds. The van der Waals surface area contributed by atoms with Gasteiger partial charge in [-0.2, -0.15) is 10.4 Å². The average Bonchev–Trinajstić information content (AvgIpc) is 3.23. The number of phenolic OH excluding ortho intramolecular Hbond substituents is 1. The molecule has 0 aliphatic carbocycles. The molecule has 5 nitrogen and oxygen atoms in total. The number of hydrogen-bond acceptors (Lipinski definition) is 4. The fraction of sp³-hybridized carbons (Fsp3) is 0.0385. The number of hydrogen-bond donors (Lipinski definition) is 2. The van der Waals surface area contributed by atoms with Gasteiger partial charge in [0.05, 0.1) is 22.3 Å². The first-order valence-electron chi connectivity index (χ1n) is 9.90. The van der Waals surface area contributed by atoms with Crippen LogP contribution in [0.25, 0.3) is 44.7 Å². The summed E-state index contributed by atoms with van der Waals surface area (Å²) in [5.41, 5.74) is 6.95. The maximum absolute atomic E-state index is 10.2. The third-order valence-corrected chi connectivity index (χ3v) is 5.36. The van der Waals surface area contributed by atoms with Gasteiger partial charge in [-0.3, -0.25) is 5.10 Å². The highest BCUT2D eigenvalue weighted by Crippen LogP contribution is 2.40. The van der Waals surface area contributed by atoms with Crippen molar-refractivity contribution in [1.29, 1.82) is 5.26 Å². The number of aryl methyl sites for hydroxylation is 1. The van der Waals surface area contributed by atoms with Gasteiger partial charge in [-0.05, 0) is 36.8 Å². The Morgan fingerprint density at radius 3 is 2.19 bits per heavy atom. The lowest BCUT2D eigenvalue weighted by Gasteiger charge is -2.13. The predicted molar refractivity (Wildman–Crippen MR) is 121 cm³/mol. The number of aromatic nitrogens is 3. The first-order chi connectivity index (χ1) is 15.2. The summed E-state index contributed by atoms with van der Waals surface area (Å²) in [4.78, 5) is 4.75. The standard InChI is InChI=1S/C26H18N4O/c1-16-7-9-17(10-8-16)22-21(15-27)24(19-11-13-20(31)14-12-19)28-26-23(22)25(29-30-26)18-5-3-2-4-6-18/h2-14,31H,1H3,(H,28,29,30). The molecule has 0 aliphatic rings.